The molecule has 2 amide bonds. The number of nitrogens with zero attached hydrogens (tertiary/aromatic N) is 2. The van der Waals surface area contributed by atoms with Crippen molar-refractivity contribution in [1.82, 2.24) is 10.1 Å². The summed E-state index contributed by atoms with van der Waals surface area (Å²) in [5, 5.41) is 3.93. The van der Waals surface area contributed by atoms with Crippen LogP contribution in [0.3, 0.4) is 0 Å². The van der Waals surface area contributed by atoms with E-state index in [1.165, 1.54) is 0 Å². The molecule has 0 saturated carbocycles. The van der Waals surface area contributed by atoms with Crippen LogP contribution in [-0.2, 0) is 4.74 Å². The van der Waals surface area contributed by atoms with Crippen LogP contribution in [0.1, 0.15) is 36.8 Å². The van der Waals surface area contributed by atoms with Gasteiger partial charge in [0.15, 0.2) is 6.73 Å². The number of aromatic nitrogens is 1. The Bertz CT molecular complexity index is 1020. The van der Waals surface area contributed by atoms with Crippen LogP contribution in [0.2, 0.25) is 0 Å². The van der Waals surface area contributed by atoms with Gasteiger partial charge in [-0.15, -0.1) is 0 Å². The fourth-order valence-electron chi connectivity index (χ4n) is 2.96. The number of ether oxygens (including phenoxy) is 1. The number of imide groups is 1. The summed E-state index contributed by atoms with van der Waals surface area (Å²) in [4.78, 5) is 38.2. The Morgan fingerprint density at radius 1 is 1.00 bits per heavy atom. The zero-order valence-electron chi connectivity index (χ0n) is 14.3. The molecule has 0 atom stereocenters. The van der Waals surface area contributed by atoms with Crippen molar-refractivity contribution in [3.8, 4) is 11.3 Å². The minimum absolute atomic E-state index is 0.165. The minimum atomic E-state index is -0.718. The van der Waals surface area contributed by atoms with Gasteiger partial charge in [-0.05, 0) is 19.1 Å². The molecule has 7 nitrogen and oxygen atoms in total. The van der Waals surface area contributed by atoms with E-state index in [0.717, 1.165) is 4.90 Å². The number of carbonyl (C=O) groups excluding carboxylic acids is 3. The summed E-state index contributed by atoms with van der Waals surface area (Å²) in [6.45, 7) is 1.11. The van der Waals surface area contributed by atoms with E-state index in [1.54, 1.807) is 43.3 Å². The molecule has 7 heteroatoms. The first kappa shape index (κ1) is 16.7. The molecule has 0 N–H and O–H groups in total. The summed E-state index contributed by atoms with van der Waals surface area (Å²) in [5.74, 6) is -1.41. The summed E-state index contributed by atoms with van der Waals surface area (Å²) < 4.78 is 10.4. The standard InChI is InChI=1S/C20H14N2O5/c1-12-16(17(21-27-12)13-7-3-2-4-8-13)20(25)26-11-22-18(23)14-9-5-6-10-15(14)19(22)24/h2-10H,11H2,1H3. The van der Waals surface area contributed by atoms with E-state index >= 15 is 0 Å². The number of fused-ring (bicyclic) bond motifs is 1. The van der Waals surface area contributed by atoms with Gasteiger partial charge in [-0.2, -0.15) is 0 Å². The molecule has 0 fully saturated rings. The molecule has 0 unspecified atom stereocenters. The Morgan fingerprint density at radius 3 is 2.22 bits per heavy atom. The van der Waals surface area contributed by atoms with E-state index in [9.17, 15) is 14.4 Å². The third-order valence-electron chi connectivity index (χ3n) is 4.32. The van der Waals surface area contributed by atoms with E-state index in [2.05, 4.69) is 5.16 Å². The van der Waals surface area contributed by atoms with Gasteiger partial charge in [-0.1, -0.05) is 47.6 Å². The topological polar surface area (TPSA) is 89.7 Å². The molecule has 1 aliphatic rings. The maximum Gasteiger partial charge on any atom is 0.345 e. The lowest BCUT2D eigenvalue weighted by Crippen LogP contribution is -2.33. The minimum Gasteiger partial charge on any atom is -0.440 e. The van der Waals surface area contributed by atoms with Crippen molar-refractivity contribution in [3.05, 3.63) is 77.0 Å². The second-order valence-corrected chi connectivity index (χ2v) is 5.97. The lowest BCUT2D eigenvalue weighted by molar-refractivity contribution is 0.0227. The van der Waals surface area contributed by atoms with Gasteiger partial charge in [-0.25, -0.2) is 9.69 Å². The van der Waals surface area contributed by atoms with Crippen LogP contribution < -0.4 is 0 Å². The summed E-state index contributed by atoms with van der Waals surface area (Å²) in [6.07, 6.45) is 0. The first-order chi connectivity index (χ1) is 13.1. The Morgan fingerprint density at radius 2 is 1.59 bits per heavy atom. The normalized spacial score (nSPS) is 13.0. The molecular formula is C20H14N2O5. The largest absolute Gasteiger partial charge is 0.440 e. The summed E-state index contributed by atoms with van der Waals surface area (Å²) in [6, 6.07) is 15.5. The second-order valence-electron chi connectivity index (χ2n) is 5.97. The highest BCUT2D eigenvalue weighted by Crippen LogP contribution is 2.27. The van der Waals surface area contributed by atoms with Gasteiger partial charge in [0.1, 0.15) is 17.0 Å². The van der Waals surface area contributed by atoms with Crippen molar-refractivity contribution in [2.24, 2.45) is 0 Å². The quantitative estimate of drug-likeness (QED) is 0.523. The van der Waals surface area contributed by atoms with Crippen LogP contribution in [0, 0.1) is 6.92 Å². The summed E-state index contributed by atoms with van der Waals surface area (Å²) >= 11 is 0. The van der Waals surface area contributed by atoms with Crippen LogP contribution >= 0.6 is 0 Å². The first-order valence-electron chi connectivity index (χ1n) is 8.22. The zero-order chi connectivity index (χ0) is 19.0. The maximum atomic E-state index is 12.6. The van der Waals surface area contributed by atoms with Gasteiger partial charge in [0, 0.05) is 5.56 Å². The highest BCUT2D eigenvalue weighted by Gasteiger charge is 2.36. The van der Waals surface area contributed by atoms with Crippen LogP contribution in [0.4, 0.5) is 0 Å². The highest BCUT2D eigenvalue weighted by molar-refractivity contribution is 6.21. The maximum absolute atomic E-state index is 12.6. The Labute approximate surface area is 154 Å². The number of esters is 1. The van der Waals surface area contributed by atoms with Crippen molar-refractivity contribution < 1.29 is 23.6 Å². The number of amides is 2. The Balaban J connectivity index is 1.54. The number of hydrogen-bond donors (Lipinski definition) is 0. The third-order valence-corrected chi connectivity index (χ3v) is 4.32. The van der Waals surface area contributed by atoms with Gasteiger partial charge < -0.3 is 9.26 Å². The number of aryl methyl sites for hydroxylation is 1. The second kappa shape index (κ2) is 6.53. The van der Waals surface area contributed by atoms with E-state index in [4.69, 9.17) is 9.26 Å². The fourth-order valence-corrected chi connectivity index (χ4v) is 2.96. The molecule has 1 aromatic heterocycles. The average Bonchev–Trinajstić information content (AvgIpc) is 3.20. The predicted molar refractivity (Wildman–Crippen MR) is 93.9 cm³/mol. The number of hydrogen-bond acceptors (Lipinski definition) is 6. The van der Waals surface area contributed by atoms with Crippen molar-refractivity contribution in [1.29, 1.82) is 0 Å². The smallest absolute Gasteiger partial charge is 0.345 e. The fraction of sp³-hybridized carbons (Fsp3) is 0.100. The average molecular weight is 362 g/mol. The molecule has 1 aliphatic heterocycles. The zero-order valence-corrected chi connectivity index (χ0v) is 14.3. The number of carbonyl (C=O) groups is 3. The molecule has 2 heterocycles. The van der Waals surface area contributed by atoms with Gasteiger partial charge in [0.2, 0.25) is 0 Å². The van der Waals surface area contributed by atoms with Crippen molar-refractivity contribution in [3.63, 3.8) is 0 Å². The molecule has 0 bridgehead atoms. The van der Waals surface area contributed by atoms with Crippen LogP contribution in [0.15, 0.2) is 59.1 Å². The predicted octanol–water partition coefficient (Wildman–Crippen LogP) is 3.06. The SMILES string of the molecule is Cc1onc(-c2ccccc2)c1C(=O)OCN1C(=O)c2ccccc2C1=O. The molecule has 4 rings (SSSR count). The van der Waals surface area contributed by atoms with Crippen LogP contribution in [0.5, 0.6) is 0 Å². The Kier molecular flexibility index (Phi) is 4.04. The lowest BCUT2D eigenvalue weighted by atomic mass is 10.1. The molecule has 0 saturated heterocycles. The van der Waals surface area contributed by atoms with E-state index in [0.29, 0.717) is 28.1 Å². The highest BCUT2D eigenvalue weighted by atomic mass is 16.5. The van der Waals surface area contributed by atoms with Crippen molar-refractivity contribution in [2.75, 3.05) is 6.73 Å². The number of benzene rings is 2. The van der Waals surface area contributed by atoms with E-state index in [-0.39, 0.29) is 5.56 Å². The molecular weight excluding hydrogens is 348 g/mol. The Hall–Kier alpha value is -3.74. The summed E-state index contributed by atoms with van der Waals surface area (Å²) in [7, 11) is 0. The molecule has 0 spiro atoms. The van der Waals surface area contributed by atoms with E-state index in [1.807, 2.05) is 18.2 Å². The third kappa shape index (κ3) is 2.79. The van der Waals surface area contributed by atoms with Crippen molar-refractivity contribution in [2.45, 2.75) is 6.92 Å². The molecule has 134 valence electrons. The number of rotatable bonds is 4. The van der Waals surface area contributed by atoms with Crippen molar-refractivity contribution >= 4 is 17.8 Å². The van der Waals surface area contributed by atoms with Crippen LogP contribution in [-0.4, -0.2) is 34.6 Å². The molecule has 2 aromatic carbocycles. The first-order valence-corrected chi connectivity index (χ1v) is 8.22. The van der Waals surface area contributed by atoms with Gasteiger partial charge in [-0.3, -0.25) is 9.59 Å². The van der Waals surface area contributed by atoms with Crippen LogP contribution in [0.25, 0.3) is 11.3 Å². The molecule has 0 aliphatic carbocycles. The van der Waals surface area contributed by atoms with Gasteiger partial charge >= 0.3 is 5.97 Å². The van der Waals surface area contributed by atoms with Gasteiger partial charge in [0.05, 0.1) is 11.1 Å². The molecule has 3 aromatic rings. The van der Waals surface area contributed by atoms with E-state index < -0.39 is 24.5 Å². The lowest BCUT2D eigenvalue weighted by Gasteiger charge is -2.14. The molecule has 0 radical (unpaired) electrons. The summed E-state index contributed by atoms with van der Waals surface area (Å²) in [5.41, 5.74) is 1.80. The van der Waals surface area contributed by atoms with Gasteiger partial charge in [0.25, 0.3) is 11.8 Å². The monoisotopic (exact) mass is 362 g/mol. The molecule has 27 heavy (non-hydrogen) atoms.